The molecule has 0 aromatic heterocycles. The second kappa shape index (κ2) is 8.17. The molecule has 0 saturated carbocycles. The number of alkyl halides is 3. The van der Waals surface area contributed by atoms with Crippen LogP contribution in [-0.2, 0) is 6.18 Å². The van der Waals surface area contributed by atoms with Gasteiger partial charge in [-0.05, 0) is 35.4 Å². The molecule has 1 amide bonds. The van der Waals surface area contributed by atoms with E-state index < -0.39 is 29.3 Å². The van der Waals surface area contributed by atoms with E-state index in [1.54, 1.807) is 31.4 Å². The Bertz CT molecular complexity index is 938. The lowest BCUT2D eigenvalue weighted by molar-refractivity contribution is -0.137. The van der Waals surface area contributed by atoms with Crippen LogP contribution in [0.15, 0.2) is 78.9 Å². The van der Waals surface area contributed by atoms with Gasteiger partial charge in [-0.2, -0.15) is 13.2 Å². The summed E-state index contributed by atoms with van der Waals surface area (Å²) in [6, 6.07) is 20.2. The summed E-state index contributed by atoms with van der Waals surface area (Å²) in [5, 5.41) is 2.74. The van der Waals surface area contributed by atoms with E-state index in [-0.39, 0.29) is 0 Å². The quantitative estimate of drug-likeness (QED) is 0.653. The molecule has 0 saturated heterocycles. The number of nitrogens with one attached hydrogen (secondary N) is 1. The lowest BCUT2D eigenvalue weighted by Gasteiger charge is -2.21. The normalized spacial score (nSPS) is 12.3. The Balaban J connectivity index is 1.97. The van der Waals surface area contributed by atoms with Crippen molar-refractivity contribution in [1.29, 1.82) is 0 Å². The van der Waals surface area contributed by atoms with Gasteiger partial charge in [-0.15, -0.1) is 0 Å². The Morgan fingerprint density at radius 3 is 2.04 bits per heavy atom. The molecule has 0 bridgehead atoms. The molecule has 0 fully saturated rings. The van der Waals surface area contributed by atoms with Crippen molar-refractivity contribution in [2.75, 3.05) is 7.11 Å². The van der Waals surface area contributed by atoms with Crippen LogP contribution >= 0.6 is 0 Å². The summed E-state index contributed by atoms with van der Waals surface area (Å²) >= 11 is 0. The van der Waals surface area contributed by atoms with Crippen LogP contribution in [0.1, 0.15) is 33.1 Å². The highest BCUT2D eigenvalue weighted by Crippen LogP contribution is 2.32. The van der Waals surface area contributed by atoms with Crippen molar-refractivity contribution in [2.45, 2.75) is 12.2 Å². The van der Waals surface area contributed by atoms with Gasteiger partial charge in [-0.25, -0.2) is 0 Å². The smallest absolute Gasteiger partial charge is 0.417 e. The molecule has 3 nitrogen and oxygen atoms in total. The fourth-order valence-corrected chi connectivity index (χ4v) is 2.94. The first-order valence-corrected chi connectivity index (χ1v) is 8.56. The number of benzene rings is 3. The minimum atomic E-state index is -4.61. The van der Waals surface area contributed by atoms with Gasteiger partial charge in [0.25, 0.3) is 5.91 Å². The molecule has 3 aromatic carbocycles. The summed E-state index contributed by atoms with van der Waals surface area (Å²) in [6.45, 7) is 0. The molecule has 3 rings (SSSR count). The number of methoxy groups -OCH3 is 1. The molecule has 0 aliphatic heterocycles. The fourth-order valence-electron chi connectivity index (χ4n) is 2.94. The van der Waals surface area contributed by atoms with Gasteiger partial charge in [0.05, 0.1) is 24.3 Å². The lowest BCUT2D eigenvalue weighted by Crippen LogP contribution is -2.31. The monoisotopic (exact) mass is 385 g/mol. The molecule has 3 aromatic rings. The van der Waals surface area contributed by atoms with Crippen molar-refractivity contribution in [3.05, 3.63) is 101 Å². The van der Waals surface area contributed by atoms with E-state index in [0.29, 0.717) is 5.75 Å². The topological polar surface area (TPSA) is 38.3 Å². The largest absolute Gasteiger partial charge is 0.497 e. The summed E-state index contributed by atoms with van der Waals surface area (Å²) in [5.74, 6) is -0.151. The Morgan fingerprint density at radius 1 is 0.857 bits per heavy atom. The molecule has 1 atom stereocenters. The van der Waals surface area contributed by atoms with Crippen molar-refractivity contribution in [1.82, 2.24) is 5.32 Å². The summed E-state index contributed by atoms with van der Waals surface area (Å²) in [7, 11) is 1.54. The number of rotatable bonds is 5. The van der Waals surface area contributed by atoms with Crippen LogP contribution in [-0.4, -0.2) is 13.0 Å². The highest BCUT2D eigenvalue weighted by molar-refractivity contribution is 5.96. The first-order valence-electron chi connectivity index (χ1n) is 8.56. The molecular weight excluding hydrogens is 367 g/mol. The number of carbonyl (C=O) groups is 1. The molecular formula is C22H18F3NO2. The average molecular weight is 385 g/mol. The van der Waals surface area contributed by atoms with Gasteiger partial charge in [0.1, 0.15) is 5.75 Å². The van der Waals surface area contributed by atoms with Gasteiger partial charge in [0.2, 0.25) is 0 Å². The molecule has 0 aliphatic rings. The zero-order valence-electron chi connectivity index (χ0n) is 15.0. The number of hydrogen-bond acceptors (Lipinski definition) is 2. The first kappa shape index (κ1) is 19.5. The first-order chi connectivity index (χ1) is 13.4. The molecule has 0 aliphatic carbocycles. The molecule has 144 valence electrons. The Morgan fingerprint density at radius 2 is 1.43 bits per heavy atom. The van der Waals surface area contributed by atoms with Crippen LogP contribution < -0.4 is 10.1 Å². The third kappa shape index (κ3) is 4.34. The predicted octanol–water partition coefficient (Wildman–Crippen LogP) is 5.23. The van der Waals surface area contributed by atoms with E-state index in [4.69, 9.17) is 4.74 Å². The summed E-state index contributed by atoms with van der Waals surface area (Å²) in [4.78, 5) is 12.8. The number of halogens is 3. The van der Waals surface area contributed by atoms with Crippen LogP contribution in [0, 0.1) is 0 Å². The van der Waals surface area contributed by atoms with E-state index in [1.165, 1.54) is 18.2 Å². The van der Waals surface area contributed by atoms with E-state index in [0.717, 1.165) is 17.2 Å². The number of amides is 1. The second-order valence-electron chi connectivity index (χ2n) is 6.13. The number of hydrogen-bond donors (Lipinski definition) is 1. The van der Waals surface area contributed by atoms with Crippen molar-refractivity contribution < 1.29 is 22.7 Å². The molecule has 0 spiro atoms. The molecule has 0 unspecified atom stereocenters. The van der Waals surface area contributed by atoms with Crippen LogP contribution in [0.5, 0.6) is 5.75 Å². The zero-order chi connectivity index (χ0) is 20.1. The van der Waals surface area contributed by atoms with E-state index in [1.807, 2.05) is 30.3 Å². The fraction of sp³-hybridized carbons (Fsp3) is 0.136. The number of ether oxygens (including phenoxy) is 1. The van der Waals surface area contributed by atoms with Crippen molar-refractivity contribution in [3.8, 4) is 5.75 Å². The van der Waals surface area contributed by atoms with Crippen molar-refractivity contribution in [2.24, 2.45) is 0 Å². The summed E-state index contributed by atoms with van der Waals surface area (Å²) < 4.78 is 45.0. The van der Waals surface area contributed by atoms with Crippen LogP contribution in [0.25, 0.3) is 0 Å². The average Bonchev–Trinajstić information content (AvgIpc) is 2.72. The lowest BCUT2D eigenvalue weighted by atomic mass is 9.97. The summed E-state index contributed by atoms with van der Waals surface area (Å²) in [5.41, 5.74) is 0.105. The minimum Gasteiger partial charge on any atom is -0.497 e. The molecule has 0 radical (unpaired) electrons. The van der Waals surface area contributed by atoms with Gasteiger partial charge in [-0.1, -0.05) is 54.6 Å². The highest BCUT2D eigenvalue weighted by atomic mass is 19.4. The van der Waals surface area contributed by atoms with Crippen LogP contribution in [0.4, 0.5) is 13.2 Å². The maximum Gasteiger partial charge on any atom is 0.417 e. The van der Waals surface area contributed by atoms with Crippen molar-refractivity contribution >= 4 is 5.91 Å². The molecule has 6 heteroatoms. The maximum atomic E-state index is 13.3. The third-order valence-electron chi connectivity index (χ3n) is 4.33. The molecule has 0 heterocycles. The minimum absolute atomic E-state index is 0.413. The molecule has 1 N–H and O–H groups in total. The third-order valence-corrected chi connectivity index (χ3v) is 4.33. The van der Waals surface area contributed by atoms with Crippen molar-refractivity contribution in [3.63, 3.8) is 0 Å². The SMILES string of the molecule is COc1ccc([C@H](NC(=O)c2ccccc2C(F)(F)F)c2ccccc2)cc1. The van der Waals surface area contributed by atoms with E-state index in [9.17, 15) is 18.0 Å². The van der Waals surface area contributed by atoms with Gasteiger partial charge >= 0.3 is 6.18 Å². The van der Waals surface area contributed by atoms with Gasteiger partial charge in [0.15, 0.2) is 0 Å². The van der Waals surface area contributed by atoms with Gasteiger partial charge in [0, 0.05) is 0 Å². The predicted molar refractivity (Wildman–Crippen MR) is 100 cm³/mol. The Hall–Kier alpha value is -3.28. The number of carbonyl (C=O) groups excluding carboxylic acids is 1. The van der Waals surface area contributed by atoms with Gasteiger partial charge in [-0.3, -0.25) is 4.79 Å². The van der Waals surface area contributed by atoms with E-state index >= 15 is 0 Å². The maximum absolute atomic E-state index is 13.3. The zero-order valence-corrected chi connectivity index (χ0v) is 15.0. The highest BCUT2D eigenvalue weighted by Gasteiger charge is 2.35. The molecule has 28 heavy (non-hydrogen) atoms. The summed E-state index contributed by atoms with van der Waals surface area (Å²) in [6.07, 6.45) is -4.61. The van der Waals surface area contributed by atoms with Gasteiger partial charge < -0.3 is 10.1 Å². The Kier molecular flexibility index (Phi) is 5.68. The van der Waals surface area contributed by atoms with Crippen LogP contribution in [0.2, 0.25) is 0 Å². The standard InChI is InChI=1S/C22H18F3NO2/c1-28-17-13-11-16(12-14-17)20(15-7-3-2-4-8-15)26-21(27)18-9-5-6-10-19(18)22(23,24)25/h2-14,20H,1H3,(H,26,27)/t20-/m1/s1. The van der Waals surface area contributed by atoms with E-state index in [2.05, 4.69) is 5.32 Å². The Labute approximate surface area is 160 Å². The van der Waals surface area contributed by atoms with Crippen LogP contribution in [0.3, 0.4) is 0 Å². The second-order valence-corrected chi connectivity index (χ2v) is 6.13.